The van der Waals surface area contributed by atoms with Gasteiger partial charge in [0.05, 0.1) is 22.1 Å². The minimum absolute atomic E-state index is 0.980. The minimum atomic E-state index is 0.980. The molecule has 5 nitrogen and oxygen atoms in total. The predicted octanol–water partition coefficient (Wildman–Crippen LogP) is 7.58. The van der Waals surface area contributed by atoms with E-state index in [1.54, 1.807) is 12.7 Å². The van der Waals surface area contributed by atoms with E-state index >= 15 is 0 Å². The minimum Gasteiger partial charge on any atom is -0.246 e. The summed E-state index contributed by atoms with van der Waals surface area (Å²) in [7, 11) is 0. The highest BCUT2D eigenvalue weighted by molar-refractivity contribution is 7.11. The molecule has 1 aromatic carbocycles. The maximum absolute atomic E-state index is 4.59. The van der Waals surface area contributed by atoms with Gasteiger partial charge < -0.3 is 0 Å². The van der Waals surface area contributed by atoms with Gasteiger partial charge in [-0.05, 0) is 81.6 Å². The molecular weight excluding hydrogens is 510 g/mol. The number of rotatable bonds is 8. The Bertz CT molecular complexity index is 1450. The fourth-order valence-electron chi connectivity index (χ4n) is 4.98. The zero-order valence-corrected chi connectivity index (χ0v) is 25.4. The molecule has 208 valence electrons. The molecule has 6 rings (SSSR count). The standard InChI is InChI=1S/C17H18N2.C15H17N3S.C2H6/c1-2-13-6-8-14(9-7-13)10-11-17-15-4-3-5-16(15)18-12-19-17;1-3-15-18-10(2)14(19-15)8-7-13-11-5-4-6-12(11)16-9-17-13;1-2/h3,5-9,12H,2,4,10-11H2,1H3;4,6,9H,3,5,7-8H2,1-2H3;1-2H3. The van der Waals surface area contributed by atoms with Gasteiger partial charge in [0.1, 0.15) is 12.7 Å². The summed E-state index contributed by atoms with van der Waals surface area (Å²) in [6.07, 6.45) is 20.0. The first-order valence-corrected chi connectivity index (χ1v) is 15.5. The van der Waals surface area contributed by atoms with E-state index < -0.39 is 0 Å². The van der Waals surface area contributed by atoms with Crippen molar-refractivity contribution >= 4 is 23.5 Å². The third kappa shape index (κ3) is 7.36. The van der Waals surface area contributed by atoms with Crippen LogP contribution in [0.1, 0.15) is 88.3 Å². The van der Waals surface area contributed by atoms with Crippen molar-refractivity contribution in [2.24, 2.45) is 0 Å². The molecular formula is C34H41N5S. The van der Waals surface area contributed by atoms with E-state index in [4.69, 9.17) is 0 Å². The lowest BCUT2D eigenvalue weighted by atomic mass is 10.0. The zero-order chi connectivity index (χ0) is 28.3. The topological polar surface area (TPSA) is 64.5 Å². The van der Waals surface area contributed by atoms with Crippen molar-refractivity contribution in [3.63, 3.8) is 0 Å². The molecule has 4 aromatic rings. The second-order valence-corrected chi connectivity index (χ2v) is 10.9. The van der Waals surface area contributed by atoms with E-state index in [0.717, 1.165) is 62.8 Å². The van der Waals surface area contributed by atoms with Crippen molar-refractivity contribution in [1.82, 2.24) is 24.9 Å². The third-order valence-electron chi connectivity index (χ3n) is 7.24. The average Bonchev–Trinajstić information content (AvgIpc) is 3.76. The summed E-state index contributed by atoms with van der Waals surface area (Å²) in [6.45, 7) is 10.5. The fraction of sp³-hybridized carbons (Fsp3) is 0.382. The van der Waals surface area contributed by atoms with Crippen LogP contribution in [0.5, 0.6) is 0 Å². The molecule has 3 aromatic heterocycles. The Kier molecular flexibility index (Phi) is 10.9. The van der Waals surface area contributed by atoms with Gasteiger partial charge in [-0.15, -0.1) is 11.3 Å². The van der Waals surface area contributed by atoms with Crippen LogP contribution in [0, 0.1) is 6.92 Å². The van der Waals surface area contributed by atoms with Crippen molar-refractivity contribution < 1.29 is 0 Å². The molecule has 0 atom stereocenters. The number of benzene rings is 1. The number of fused-ring (bicyclic) bond motifs is 2. The zero-order valence-electron chi connectivity index (χ0n) is 24.6. The summed E-state index contributed by atoms with van der Waals surface area (Å²) in [6, 6.07) is 8.92. The number of nitrogens with zero attached hydrogens (tertiary/aromatic N) is 5. The second-order valence-electron chi connectivity index (χ2n) is 9.72. The van der Waals surface area contributed by atoms with E-state index in [2.05, 4.69) is 94.3 Å². The first-order chi connectivity index (χ1) is 19.6. The van der Waals surface area contributed by atoms with Crippen LogP contribution < -0.4 is 0 Å². The molecule has 2 aliphatic rings. The summed E-state index contributed by atoms with van der Waals surface area (Å²) in [5, 5.41) is 1.24. The van der Waals surface area contributed by atoms with E-state index in [0.29, 0.717) is 0 Å². The summed E-state index contributed by atoms with van der Waals surface area (Å²) in [5.74, 6) is 0. The molecule has 0 radical (unpaired) electrons. The largest absolute Gasteiger partial charge is 0.246 e. The van der Waals surface area contributed by atoms with Crippen molar-refractivity contribution in [3.05, 3.63) is 110 Å². The van der Waals surface area contributed by atoms with Gasteiger partial charge in [0, 0.05) is 27.4 Å². The molecule has 0 aliphatic heterocycles. The molecule has 40 heavy (non-hydrogen) atoms. The van der Waals surface area contributed by atoms with Crippen LogP contribution in [0.4, 0.5) is 0 Å². The molecule has 0 bridgehead atoms. The molecule has 0 amide bonds. The van der Waals surface area contributed by atoms with Gasteiger partial charge >= 0.3 is 0 Å². The van der Waals surface area contributed by atoms with Crippen LogP contribution in [-0.4, -0.2) is 24.9 Å². The molecule has 0 spiro atoms. The van der Waals surface area contributed by atoms with E-state index in [-0.39, 0.29) is 0 Å². The van der Waals surface area contributed by atoms with E-state index in [1.807, 2.05) is 25.2 Å². The Morgan fingerprint density at radius 2 is 1.23 bits per heavy atom. The monoisotopic (exact) mass is 551 g/mol. The van der Waals surface area contributed by atoms with Gasteiger partial charge in [0.2, 0.25) is 0 Å². The Morgan fingerprint density at radius 3 is 1.75 bits per heavy atom. The van der Waals surface area contributed by atoms with Gasteiger partial charge in [0.15, 0.2) is 0 Å². The molecule has 0 N–H and O–H groups in total. The normalized spacial score (nSPS) is 12.3. The fourth-order valence-corrected chi connectivity index (χ4v) is 5.99. The van der Waals surface area contributed by atoms with Gasteiger partial charge in [-0.2, -0.15) is 0 Å². The van der Waals surface area contributed by atoms with Gasteiger partial charge in [-0.25, -0.2) is 24.9 Å². The molecule has 0 fully saturated rings. The Hall–Kier alpha value is -3.51. The van der Waals surface area contributed by atoms with Gasteiger partial charge in [0.25, 0.3) is 0 Å². The molecule has 0 saturated carbocycles. The molecule has 6 heteroatoms. The van der Waals surface area contributed by atoms with Crippen LogP contribution in [0.15, 0.2) is 49.1 Å². The Morgan fingerprint density at radius 1 is 0.675 bits per heavy atom. The van der Waals surface area contributed by atoms with Crippen LogP contribution in [0.25, 0.3) is 12.2 Å². The number of hydrogen-bond acceptors (Lipinski definition) is 6. The summed E-state index contributed by atoms with van der Waals surface area (Å²) >= 11 is 1.84. The lowest BCUT2D eigenvalue weighted by molar-refractivity contribution is 0.875. The van der Waals surface area contributed by atoms with Crippen LogP contribution in [0.2, 0.25) is 0 Å². The maximum Gasteiger partial charge on any atom is 0.116 e. The van der Waals surface area contributed by atoms with Crippen LogP contribution in [-0.2, 0) is 51.4 Å². The number of aromatic nitrogens is 5. The number of allylic oxidation sites excluding steroid dienone is 2. The van der Waals surface area contributed by atoms with Crippen LogP contribution in [0.3, 0.4) is 0 Å². The second kappa shape index (κ2) is 14.8. The quantitative estimate of drug-likeness (QED) is 0.226. The maximum atomic E-state index is 4.59. The SMILES string of the molecule is CC.CCc1ccc(CCc2ncnc3c2CC=C3)cc1.CCc1nc(C)c(CCc2ncnc3c2CC=C3)s1. The van der Waals surface area contributed by atoms with Gasteiger partial charge in [-0.3, -0.25) is 0 Å². The predicted molar refractivity (Wildman–Crippen MR) is 168 cm³/mol. The lowest BCUT2D eigenvalue weighted by Gasteiger charge is -2.07. The molecule has 0 unspecified atom stereocenters. The molecule has 0 saturated heterocycles. The number of hydrogen-bond donors (Lipinski definition) is 0. The first kappa shape index (κ1) is 29.5. The third-order valence-corrected chi connectivity index (χ3v) is 8.60. The molecule has 3 heterocycles. The van der Waals surface area contributed by atoms with E-state index in [9.17, 15) is 0 Å². The summed E-state index contributed by atoms with van der Waals surface area (Å²) in [5.41, 5.74) is 11.2. The highest BCUT2D eigenvalue weighted by atomic mass is 32.1. The van der Waals surface area contributed by atoms with E-state index in [1.165, 1.54) is 49.2 Å². The average molecular weight is 552 g/mol. The molecule has 2 aliphatic carbocycles. The van der Waals surface area contributed by atoms with Crippen molar-refractivity contribution in [2.75, 3.05) is 0 Å². The highest BCUT2D eigenvalue weighted by Crippen LogP contribution is 2.24. The number of thiazole rings is 1. The Balaban J connectivity index is 0.000000174. The van der Waals surface area contributed by atoms with Crippen molar-refractivity contribution in [1.29, 1.82) is 0 Å². The first-order valence-electron chi connectivity index (χ1n) is 14.7. The lowest BCUT2D eigenvalue weighted by Crippen LogP contribution is -2.02. The smallest absolute Gasteiger partial charge is 0.116 e. The van der Waals surface area contributed by atoms with Crippen LogP contribution >= 0.6 is 11.3 Å². The van der Waals surface area contributed by atoms with Crippen molar-refractivity contribution in [3.8, 4) is 0 Å². The van der Waals surface area contributed by atoms with Crippen molar-refractivity contribution in [2.45, 2.75) is 86.0 Å². The van der Waals surface area contributed by atoms with Gasteiger partial charge in [-0.1, -0.05) is 64.1 Å². The Labute approximate surface area is 243 Å². The highest BCUT2D eigenvalue weighted by Gasteiger charge is 2.14. The number of aryl methyl sites for hydroxylation is 7. The summed E-state index contributed by atoms with van der Waals surface area (Å²) in [4.78, 5) is 23.5. The summed E-state index contributed by atoms with van der Waals surface area (Å²) < 4.78 is 0.